The van der Waals surface area contributed by atoms with Crippen molar-refractivity contribution in [1.82, 2.24) is 9.69 Å². The van der Waals surface area contributed by atoms with Crippen LogP contribution >= 0.6 is 11.5 Å². The highest BCUT2D eigenvalue weighted by Crippen LogP contribution is 2.35. The molecule has 0 fully saturated rings. The number of nitrogens with zero attached hydrogens (tertiary/aromatic N) is 2. The van der Waals surface area contributed by atoms with Gasteiger partial charge in [0, 0.05) is 19.3 Å². The van der Waals surface area contributed by atoms with E-state index in [1.165, 1.54) is 12.0 Å². The highest BCUT2D eigenvalue weighted by atomic mass is 32.1. The first-order valence-corrected chi connectivity index (χ1v) is 11.2. The van der Waals surface area contributed by atoms with Crippen LogP contribution in [0.2, 0.25) is 0 Å². The summed E-state index contributed by atoms with van der Waals surface area (Å²) in [5, 5.41) is 2.78. The van der Waals surface area contributed by atoms with Gasteiger partial charge in [0.1, 0.15) is 16.4 Å². The van der Waals surface area contributed by atoms with Gasteiger partial charge in [-0.3, -0.25) is 19.3 Å². The predicted molar refractivity (Wildman–Crippen MR) is 129 cm³/mol. The number of ether oxygens (including phenoxy) is 1. The highest BCUT2D eigenvalue weighted by molar-refractivity contribution is 7.09. The Morgan fingerprint density at radius 1 is 1.21 bits per heavy atom. The summed E-state index contributed by atoms with van der Waals surface area (Å²) >= 11 is 0.747. The number of furan rings is 1. The van der Waals surface area contributed by atoms with Crippen LogP contribution in [0, 0.1) is 20.8 Å². The smallest absolute Gasteiger partial charge is 0.273 e. The Hall–Kier alpha value is -3.70. The maximum Gasteiger partial charge on any atom is 0.273 e. The van der Waals surface area contributed by atoms with Gasteiger partial charge >= 0.3 is 0 Å². The molecule has 0 bridgehead atoms. The third-order valence-corrected chi connectivity index (χ3v) is 5.99. The molecule has 0 aliphatic rings. The molecule has 1 atom stereocenters. The minimum Gasteiger partial charge on any atom is -0.464 e. The molecule has 1 aromatic carbocycles. The summed E-state index contributed by atoms with van der Waals surface area (Å²) in [6, 6.07) is 7.73. The summed E-state index contributed by atoms with van der Waals surface area (Å²) in [6.45, 7) is 5.97. The van der Waals surface area contributed by atoms with Crippen molar-refractivity contribution in [2.75, 3.05) is 30.9 Å². The van der Waals surface area contributed by atoms with Crippen molar-refractivity contribution in [1.29, 1.82) is 0 Å². The predicted octanol–water partition coefficient (Wildman–Crippen LogP) is 2.49. The molecule has 11 heteroatoms. The van der Waals surface area contributed by atoms with Crippen LogP contribution < -0.4 is 21.7 Å². The van der Waals surface area contributed by atoms with Crippen LogP contribution in [0.1, 0.15) is 48.8 Å². The molecule has 2 heterocycles. The quantitative estimate of drug-likeness (QED) is 0.393. The number of aromatic nitrogens is 1. The normalized spacial score (nSPS) is 11.8. The van der Waals surface area contributed by atoms with Gasteiger partial charge in [0.15, 0.2) is 11.7 Å². The Morgan fingerprint density at radius 2 is 1.94 bits per heavy atom. The summed E-state index contributed by atoms with van der Waals surface area (Å²) < 4.78 is 14.8. The fraction of sp³-hybridized carbons (Fsp3) is 0.304. The van der Waals surface area contributed by atoms with E-state index in [0.717, 1.165) is 22.7 Å². The Labute approximate surface area is 201 Å². The van der Waals surface area contributed by atoms with E-state index in [4.69, 9.17) is 20.6 Å². The number of hydrogen-bond acceptors (Lipinski definition) is 8. The number of carbonyl (C=O) groups excluding carboxylic acids is 3. The second-order valence-electron chi connectivity index (χ2n) is 7.74. The van der Waals surface area contributed by atoms with Gasteiger partial charge < -0.3 is 25.9 Å². The number of benzene rings is 1. The van der Waals surface area contributed by atoms with E-state index < -0.39 is 23.8 Å². The molecule has 0 radical (unpaired) electrons. The molecule has 180 valence electrons. The number of methoxy groups -OCH3 is 1. The Morgan fingerprint density at radius 3 is 2.53 bits per heavy atom. The van der Waals surface area contributed by atoms with Gasteiger partial charge in [-0.05, 0) is 61.6 Å². The maximum absolute atomic E-state index is 13.9. The Kier molecular flexibility index (Phi) is 7.69. The van der Waals surface area contributed by atoms with Crippen LogP contribution in [0.15, 0.2) is 34.7 Å². The molecule has 34 heavy (non-hydrogen) atoms. The van der Waals surface area contributed by atoms with Gasteiger partial charge in [-0.2, -0.15) is 4.37 Å². The number of nitrogens with one attached hydrogen (secondary N) is 1. The first-order chi connectivity index (χ1) is 16.1. The topological polar surface area (TPSA) is 154 Å². The number of hydrogen-bond donors (Lipinski definition) is 3. The Bertz CT molecular complexity index is 1220. The molecule has 0 saturated heterocycles. The number of primary amides is 1. The standard InChI is InChI=1S/C23H27N5O5S/c1-12-5-6-13(2)15(11-12)28(23(31)20-17(24)18(21(25)29)27-34-20)19(16-8-7-14(3)33-16)22(30)26-9-10-32-4/h5-8,11,19H,9-10,24H2,1-4H3,(H2,25,29)(H,26,30)/t19-/m1/s1. The SMILES string of the molecule is COCCNC(=O)[C@@H](c1ccc(C)o1)N(C(=O)c1snc(C(N)=O)c1N)c1cc(C)ccc1C. The average Bonchev–Trinajstić information content (AvgIpc) is 3.39. The van der Waals surface area contributed by atoms with Crippen molar-refractivity contribution < 1.29 is 23.5 Å². The van der Waals surface area contributed by atoms with Gasteiger partial charge in [-0.25, -0.2) is 0 Å². The van der Waals surface area contributed by atoms with Crippen LogP contribution in [0.3, 0.4) is 0 Å². The summed E-state index contributed by atoms with van der Waals surface area (Å²) in [5.41, 5.74) is 13.2. The van der Waals surface area contributed by atoms with Crippen molar-refractivity contribution in [3.63, 3.8) is 0 Å². The summed E-state index contributed by atoms with van der Waals surface area (Å²) in [4.78, 5) is 40.4. The first kappa shape index (κ1) is 24.9. The average molecular weight is 486 g/mol. The lowest BCUT2D eigenvalue weighted by atomic mass is 10.0. The monoisotopic (exact) mass is 485 g/mol. The second-order valence-corrected chi connectivity index (χ2v) is 8.51. The molecule has 3 aromatic rings. The lowest BCUT2D eigenvalue weighted by molar-refractivity contribution is -0.123. The largest absolute Gasteiger partial charge is 0.464 e. The van der Waals surface area contributed by atoms with Crippen molar-refractivity contribution in [3.05, 3.63) is 63.6 Å². The summed E-state index contributed by atoms with van der Waals surface area (Å²) in [7, 11) is 1.52. The molecule has 0 unspecified atom stereocenters. The van der Waals surface area contributed by atoms with Gasteiger partial charge in [-0.15, -0.1) is 0 Å². The summed E-state index contributed by atoms with van der Waals surface area (Å²) in [5.74, 6) is -1.09. The van der Waals surface area contributed by atoms with E-state index >= 15 is 0 Å². The number of nitrogen functional groups attached to an aromatic ring is 1. The van der Waals surface area contributed by atoms with Crippen molar-refractivity contribution in [3.8, 4) is 0 Å². The lowest BCUT2D eigenvalue weighted by Crippen LogP contribution is -2.45. The van der Waals surface area contributed by atoms with Crippen molar-refractivity contribution in [2.24, 2.45) is 5.73 Å². The van der Waals surface area contributed by atoms with E-state index in [0.29, 0.717) is 11.4 Å². The van der Waals surface area contributed by atoms with Crippen LogP contribution in [0.4, 0.5) is 11.4 Å². The van der Waals surface area contributed by atoms with Gasteiger partial charge in [-0.1, -0.05) is 12.1 Å². The number of aryl methyl sites for hydroxylation is 3. The van der Waals surface area contributed by atoms with Crippen molar-refractivity contribution >= 4 is 40.6 Å². The number of nitrogens with two attached hydrogens (primary N) is 2. The minimum absolute atomic E-state index is 0.00678. The number of carbonyl (C=O) groups is 3. The molecule has 5 N–H and O–H groups in total. The lowest BCUT2D eigenvalue weighted by Gasteiger charge is -2.31. The van der Waals surface area contributed by atoms with Gasteiger partial charge in [0.25, 0.3) is 17.7 Å². The van der Waals surface area contributed by atoms with E-state index in [1.807, 2.05) is 26.0 Å². The molecule has 0 aliphatic heterocycles. The molecule has 0 saturated carbocycles. The fourth-order valence-corrected chi connectivity index (χ4v) is 4.17. The van der Waals surface area contributed by atoms with E-state index in [9.17, 15) is 14.4 Å². The van der Waals surface area contributed by atoms with Gasteiger partial charge in [0.2, 0.25) is 0 Å². The zero-order valence-corrected chi connectivity index (χ0v) is 20.2. The molecule has 3 rings (SSSR count). The minimum atomic E-state index is -1.17. The van der Waals surface area contributed by atoms with E-state index in [1.54, 1.807) is 25.1 Å². The molecule has 3 amide bonds. The van der Waals surface area contributed by atoms with Crippen LogP contribution in [0.5, 0.6) is 0 Å². The fourth-order valence-electron chi connectivity index (χ4n) is 3.43. The number of rotatable bonds is 9. The van der Waals surface area contributed by atoms with Crippen LogP contribution in [-0.2, 0) is 9.53 Å². The molecular formula is C23H27N5O5S. The number of anilines is 2. The number of amides is 3. The van der Waals surface area contributed by atoms with Gasteiger partial charge in [0.05, 0.1) is 12.3 Å². The molecular weight excluding hydrogens is 458 g/mol. The molecule has 10 nitrogen and oxygen atoms in total. The third-order valence-electron chi connectivity index (χ3n) is 5.14. The van der Waals surface area contributed by atoms with E-state index in [2.05, 4.69) is 9.69 Å². The Balaban J connectivity index is 2.21. The molecule has 0 spiro atoms. The van der Waals surface area contributed by atoms with Crippen LogP contribution in [0.25, 0.3) is 0 Å². The van der Waals surface area contributed by atoms with E-state index in [-0.39, 0.29) is 35.2 Å². The highest BCUT2D eigenvalue weighted by Gasteiger charge is 2.38. The van der Waals surface area contributed by atoms with Crippen molar-refractivity contribution in [2.45, 2.75) is 26.8 Å². The maximum atomic E-state index is 13.9. The molecule has 2 aromatic heterocycles. The zero-order valence-electron chi connectivity index (χ0n) is 19.4. The molecule has 0 aliphatic carbocycles. The zero-order chi connectivity index (χ0) is 25.0. The second kappa shape index (κ2) is 10.5. The first-order valence-electron chi connectivity index (χ1n) is 10.4. The third kappa shape index (κ3) is 5.10. The summed E-state index contributed by atoms with van der Waals surface area (Å²) in [6.07, 6.45) is 0. The van der Waals surface area contributed by atoms with Crippen LogP contribution in [-0.4, -0.2) is 42.4 Å².